The Hall–Kier alpha value is -2.44. The summed E-state index contributed by atoms with van der Waals surface area (Å²) in [6, 6.07) is 2.53. The van der Waals surface area contributed by atoms with Gasteiger partial charge < -0.3 is 10.1 Å². The van der Waals surface area contributed by atoms with Crippen LogP contribution in [0.5, 0.6) is 0 Å². The van der Waals surface area contributed by atoms with E-state index in [1.807, 2.05) is 10.0 Å². The standard InChI is InChI=1S/C14H11F3N2O5S2/c1-24-14(21)13-9(4-5-25-13)26(22,23)18-6-10(20)19-8-3-2-7(15)11(16)12(8)17/h2-5,18H,6H2,1H3,(H,19,20). The van der Waals surface area contributed by atoms with Gasteiger partial charge >= 0.3 is 5.97 Å². The maximum atomic E-state index is 13.5. The zero-order chi connectivity index (χ0) is 19.5. The lowest BCUT2D eigenvalue weighted by Gasteiger charge is -2.09. The highest BCUT2D eigenvalue weighted by Crippen LogP contribution is 2.23. The van der Waals surface area contributed by atoms with Gasteiger partial charge in [0.15, 0.2) is 17.5 Å². The van der Waals surface area contributed by atoms with Gasteiger partial charge in [-0.25, -0.2) is 31.1 Å². The minimum Gasteiger partial charge on any atom is -0.465 e. The highest BCUT2D eigenvalue weighted by molar-refractivity contribution is 7.89. The van der Waals surface area contributed by atoms with Crippen LogP contribution in [0.1, 0.15) is 9.67 Å². The summed E-state index contributed by atoms with van der Waals surface area (Å²) in [4.78, 5) is 22.7. The van der Waals surface area contributed by atoms with Gasteiger partial charge in [0, 0.05) is 0 Å². The topological polar surface area (TPSA) is 102 Å². The molecule has 0 fully saturated rings. The molecule has 1 aromatic heterocycles. The molecule has 2 N–H and O–H groups in total. The van der Waals surface area contributed by atoms with Crippen LogP contribution in [0.15, 0.2) is 28.5 Å². The first-order chi connectivity index (χ1) is 12.2. The zero-order valence-corrected chi connectivity index (χ0v) is 14.6. The number of carbonyl (C=O) groups excluding carboxylic acids is 2. The van der Waals surface area contributed by atoms with E-state index in [9.17, 15) is 31.2 Å². The number of nitrogens with one attached hydrogen (secondary N) is 2. The van der Waals surface area contributed by atoms with Gasteiger partial charge in [-0.2, -0.15) is 0 Å². The number of carbonyl (C=O) groups is 2. The average Bonchev–Trinajstić information content (AvgIpc) is 3.10. The van der Waals surface area contributed by atoms with Gasteiger partial charge in [0.25, 0.3) is 0 Å². The third-order valence-corrected chi connectivity index (χ3v) is 5.49. The molecular formula is C14H11F3N2O5S2. The van der Waals surface area contributed by atoms with Crippen molar-refractivity contribution in [1.82, 2.24) is 4.72 Å². The van der Waals surface area contributed by atoms with Crippen molar-refractivity contribution in [1.29, 1.82) is 0 Å². The summed E-state index contributed by atoms with van der Waals surface area (Å²) in [6.07, 6.45) is 0. The fraction of sp³-hybridized carbons (Fsp3) is 0.143. The zero-order valence-electron chi connectivity index (χ0n) is 13.0. The molecule has 0 aliphatic carbocycles. The molecule has 1 aromatic carbocycles. The molecule has 1 heterocycles. The van der Waals surface area contributed by atoms with E-state index in [0.29, 0.717) is 6.07 Å². The molecule has 140 valence electrons. The molecule has 0 radical (unpaired) electrons. The lowest BCUT2D eigenvalue weighted by Crippen LogP contribution is -2.33. The van der Waals surface area contributed by atoms with Crippen molar-refractivity contribution in [3.63, 3.8) is 0 Å². The summed E-state index contributed by atoms with van der Waals surface area (Å²) in [5.41, 5.74) is -0.654. The van der Waals surface area contributed by atoms with Gasteiger partial charge in [-0.3, -0.25) is 4.79 Å². The van der Waals surface area contributed by atoms with E-state index in [4.69, 9.17) is 0 Å². The van der Waals surface area contributed by atoms with E-state index >= 15 is 0 Å². The van der Waals surface area contributed by atoms with Crippen LogP contribution in [0.3, 0.4) is 0 Å². The molecule has 0 bridgehead atoms. The number of anilines is 1. The maximum Gasteiger partial charge on any atom is 0.349 e. The number of methoxy groups -OCH3 is 1. The lowest BCUT2D eigenvalue weighted by atomic mass is 10.3. The number of ether oxygens (including phenoxy) is 1. The van der Waals surface area contributed by atoms with E-state index in [1.165, 1.54) is 5.38 Å². The number of rotatable bonds is 6. The summed E-state index contributed by atoms with van der Waals surface area (Å²) in [5, 5.41) is 3.25. The number of thiophene rings is 1. The van der Waals surface area contributed by atoms with E-state index in [1.54, 1.807) is 0 Å². The second-order valence-corrected chi connectivity index (χ2v) is 7.35. The molecule has 0 aliphatic rings. The smallest absolute Gasteiger partial charge is 0.349 e. The van der Waals surface area contributed by atoms with Gasteiger partial charge in [0.05, 0.1) is 19.3 Å². The molecule has 0 unspecified atom stereocenters. The van der Waals surface area contributed by atoms with Crippen molar-refractivity contribution in [3.05, 3.63) is 45.9 Å². The number of sulfonamides is 1. The molecule has 26 heavy (non-hydrogen) atoms. The summed E-state index contributed by atoms with van der Waals surface area (Å²) >= 11 is 0.830. The van der Waals surface area contributed by atoms with Gasteiger partial charge in [-0.15, -0.1) is 11.3 Å². The highest BCUT2D eigenvalue weighted by atomic mass is 32.2. The third kappa shape index (κ3) is 4.20. The third-order valence-electron chi connectivity index (χ3n) is 3.02. The SMILES string of the molecule is COC(=O)c1sccc1S(=O)(=O)NCC(=O)Nc1ccc(F)c(F)c1F. The Morgan fingerprint density at radius 2 is 1.85 bits per heavy atom. The second kappa shape index (κ2) is 7.85. The van der Waals surface area contributed by atoms with Crippen LogP contribution in [-0.2, 0) is 19.6 Å². The van der Waals surface area contributed by atoms with E-state index in [2.05, 4.69) is 4.74 Å². The van der Waals surface area contributed by atoms with Crippen molar-refractivity contribution < 1.29 is 35.9 Å². The number of hydrogen-bond acceptors (Lipinski definition) is 6. The Bertz CT molecular complexity index is 959. The predicted octanol–water partition coefficient (Wildman–Crippen LogP) is 1.87. The summed E-state index contributed by atoms with van der Waals surface area (Å²) < 4.78 is 70.2. The van der Waals surface area contributed by atoms with Crippen molar-refractivity contribution in [3.8, 4) is 0 Å². The Balaban J connectivity index is 2.09. The maximum absolute atomic E-state index is 13.5. The lowest BCUT2D eigenvalue weighted by molar-refractivity contribution is -0.115. The molecule has 12 heteroatoms. The van der Waals surface area contributed by atoms with Crippen LogP contribution in [0.4, 0.5) is 18.9 Å². The van der Waals surface area contributed by atoms with Crippen LogP contribution in [-0.4, -0.2) is 33.9 Å². The van der Waals surface area contributed by atoms with Crippen LogP contribution in [0.2, 0.25) is 0 Å². The molecule has 2 rings (SSSR count). The summed E-state index contributed by atoms with van der Waals surface area (Å²) in [5.74, 6) is -6.73. The van der Waals surface area contributed by atoms with Gasteiger partial charge in [0.1, 0.15) is 9.77 Å². The van der Waals surface area contributed by atoms with Crippen LogP contribution >= 0.6 is 11.3 Å². The molecule has 0 aliphatic heterocycles. The van der Waals surface area contributed by atoms with Crippen molar-refractivity contribution in [2.45, 2.75) is 4.90 Å². The first-order valence-corrected chi connectivity index (χ1v) is 9.12. The fourth-order valence-electron chi connectivity index (χ4n) is 1.81. The van der Waals surface area contributed by atoms with Crippen LogP contribution in [0, 0.1) is 17.5 Å². The highest BCUT2D eigenvalue weighted by Gasteiger charge is 2.25. The number of hydrogen-bond donors (Lipinski definition) is 2. The predicted molar refractivity (Wildman–Crippen MR) is 85.8 cm³/mol. The Labute approximate surface area is 149 Å². The Kier molecular flexibility index (Phi) is 6.00. The normalized spacial score (nSPS) is 11.2. The Morgan fingerprint density at radius 1 is 1.15 bits per heavy atom. The molecule has 1 amide bonds. The molecular weight excluding hydrogens is 397 g/mol. The Morgan fingerprint density at radius 3 is 2.50 bits per heavy atom. The molecule has 0 saturated heterocycles. The molecule has 2 aromatic rings. The number of halogens is 3. The quantitative estimate of drug-likeness (QED) is 0.561. The number of esters is 1. The van der Waals surface area contributed by atoms with Crippen LogP contribution in [0.25, 0.3) is 0 Å². The van der Waals surface area contributed by atoms with Crippen LogP contribution < -0.4 is 10.0 Å². The summed E-state index contributed by atoms with van der Waals surface area (Å²) in [7, 11) is -3.17. The van der Waals surface area contributed by atoms with Gasteiger partial charge in [-0.05, 0) is 23.6 Å². The van der Waals surface area contributed by atoms with Crippen molar-refractivity contribution >= 4 is 38.9 Å². The summed E-state index contributed by atoms with van der Waals surface area (Å²) in [6.45, 7) is -0.836. The molecule has 0 spiro atoms. The minimum atomic E-state index is -4.24. The van der Waals surface area contributed by atoms with Gasteiger partial charge in [0.2, 0.25) is 15.9 Å². The fourth-order valence-corrected chi connectivity index (χ4v) is 4.12. The molecule has 0 atom stereocenters. The van der Waals surface area contributed by atoms with Gasteiger partial charge in [-0.1, -0.05) is 0 Å². The monoisotopic (exact) mass is 408 g/mol. The number of benzene rings is 1. The van der Waals surface area contributed by atoms with E-state index in [0.717, 1.165) is 30.6 Å². The van der Waals surface area contributed by atoms with E-state index in [-0.39, 0.29) is 9.77 Å². The van der Waals surface area contributed by atoms with E-state index < -0.39 is 51.6 Å². The largest absolute Gasteiger partial charge is 0.465 e. The van der Waals surface area contributed by atoms with Crippen molar-refractivity contribution in [2.75, 3.05) is 19.0 Å². The van der Waals surface area contributed by atoms with Crippen molar-refractivity contribution in [2.24, 2.45) is 0 Å². The molecule has 7 nitrogen and oxygen atoms in total. The number of amides is 1. The minimum absolute atomic E-state index is 0.188. The molecule has 0 saturated carbocycles. The first-order valence-electron chi connectivity index (χ1n) is 6.76. The average molecular weight is 408 g/mol. The first kappa shape index (κ1) is 19.9. The second-order valence-electron chi connectivity index (χ2n) is 4.70.